The number of fused-ring (bicyclic) bond motifs is 1. The van der Waals surface area contributed by atoms with Gasteiger partial charge >= 0.3 is 0 Å². The largest absolute Gasteiger partial charge is 0.370 e. The fourth-order valence-corrected chi connectivity index (χ4v) is 3.09. The zero-order valence-electron chi connectivity index (χ0n) is 17.7. The first-order chi connectivity index (χ1) is 14.5. The highest BCUT2D eigenvalue weighted by molar-refractivity contribution is 6.36. The number of amides is 1. The SMILES string of the molecule is CC.CN=C(N)Nc1ncc(Cl)c2ccc(C(=O)NC(C)C3=CC=CCC=C3)cc12. The predicted octanol–water partition coefficient (Wildman–Crippen LogP) is 4.83. The van der Waals surface area contributed by atoms with Crippen LogP contribution in [0.15, 0.2) is 65.3 Å². The van der Waals surface area contributed by atoms with Crippen molar-refractivity contribution in [3.05, 3.63) is 70.9 Å². The first-order valence-electron chi connectivity index (χ1n) is 9.91. The Balaban J connectivity index is 0.00000155. The summed E-state index contributed by atoms with van der Waals surface area (Å²) in [5.74, 6) is 0.532. The minimum atomic E-state index is -0.181. The number of allylic oxidation sites excluding steroid dienone is 4. The van der Waals surface area contributed by atoms with E-state index in [0.717, 1.165) is 17.4 Å². The van der Waals surface area contributed by atoms with Crippen LogP contribution < -0.4 is 16.4 Å². The number of aromatic nitrogens is 1. The zero-order valence-corrected chi connectivity index (χ0v) is 18.5. The molecule has 0 aliphatic heterocycles. The van der Waals surface area contributed by atoms with Crippen molar-refractivity contribution in [3.63, 3.8) is 0 Å². The Morgan fingerprint density at radius 1 is 1.27 bits per heavy atom. The summed E-state index contributed by atoms with van der Waals surface area (Å²) in [7, 11) is 1.58. The number of guanidine groups is 1. The molecule has 1 heterocycles. The van der Waals surface area contributed by atoms with E-state index in [0.29, 0.717) is 21.8 Å². The molecule has 1 aromatic carbocycles. The number of carbonyl (C=O) groups excluding carboxylic acids is 1. The van der Waals surface area contributed by atoms with Crippen LogP contribution in [-0.2, 0) is 0 Å². The van der Waals surface area contributed by atoms with Crippen molar-refractivity contribution in [2.75, 3.05) is 12.4 Å². The molecule has 2 aromatic rings. The van der Waals surface area contributed by atoms with E-state index in [2.05, 4.69) is 32.8 Å². The molecule has 6 nitrogen and oxygen atoms in total. The van der Waals surface area contributed by atoms with Crippen molar-refractivity contribution in [2.24, 2.45) is 10.7 Å². The fraction of sp³-hybridized carbons (Fsp3) is 0.261. The molecular weight excluding hydrogens is 398 g/mol. The highest BCUT2D eigenvalue weighted by Crippen LogP contribution is 2.29. The molecule has 0 fully saturated rings. The van der Waals surface area contributed by atoms with E-state index < -0.39 is 0 Å². The normalized spacial score (nSPS) is 14.3. The summed E-state index contributed by atoms with van der Waals surface area (Å²) in [6, 6.07) is 5.17. The smallest absolute Gasteiger partial charge is 0.251 e. The molecule has 3 rings (SSSR count). The number of halogens is 1. The van der Waals surface area contributed by atoms with Gasteiger partial charge < -0.3 is 16.4 Å². The summed E-state index contributed by atoms with van der Waals surface area (Å²) < 4.78 is 0. The number of pyridine rings is 1. The lowest BCUT2D eigenvalue weighted by Crippen LogP contribution is -2.33. The molecule has 0 radical (unpaired) electrons. The maximum absolute atomic E-state index is 12.8. The molecule has 7 heteroatoms. The van der Waals surface area contributed by atoms with Crippen molar-refractivity contribution in [1.29, 1.82) is 0 Å². The van der Waals surface area contributed by atoms with Crippen molar-refractivity contribution in [1.82, 2.24) is 10.3 Å². The van der Waals surface area contributed by atoms with Gasteiger partial charge in [0.15, 0.2) is 5.96 Å². The van der Waals surface area contributed by atoms with Crippen LogP contribution in [0.4, 0.5) is 5.82 Å². The van der Waals surface area contributed by atoms with Gasteiger partial charge in [-0.15, -0.1) is 0 Å². The Hall–Kier alpha value is -3.12. The van der Waals surface area contributed by atoms with E-state index in [4.69, 9.17) is 17.3 Å². The van der Waals surface area contributed by atoms with E-state index in [9.17, 15) is 4.79 Å². The number of benzene rings is 1. The molecule has 0 bridgehead atoms. The van der Waals surface area contributed by atoms with Gasteiger partial charge in [-0.1, -0.05) is 61.9 Å². The summed E-state index contributed by atoms with van der Waals surface area (Å²) in [5.41, 5.74) is 7.31. The first-order valence-corrected chi connectivity index (χ1v) is 10.3. The van der Waals surface area contributed by atoms with Crippen molar-refractivity contribution < 1.29 is 4.79 Å². The van der Waals surface area contributed by atoms with Crippen molar-refractivity contribution in [2.45, 2.75) is 33.2 Å². The van der Waals surface area contributed by atoms with E-state index in [-0.39, 0.29) is 17.9 Å². The van der Waals surface area contributed by atoms with Crippen LogP contribution >= 0.6 is 11.6 Å². The summed E-state index contributed by atoms with van der Waals surface area (Å²) in [6.45, 7) is 5.96. The lowest BCUT2D eigenvalue weighted by molar-refractivity contribution is 0.0946. The van der Waals surface area contributed by atoms with Crippen LogP contribution in [0.3, 0.4) is 0 Å². The summed E-state index contributed by atoms with van der Waals surface area (Å²) >= 11 is 6.26. The fourth-order valence-electron chi connectivity index (χ4n) is 2.87. The molecule has 4 N–H and O–H groups in total. The van der Waals surface area contributed by atoms with Gasteiger partial charge in [0.05, 0.1) is 11.1 Å². The Morgan fingerprint density at radius 2 is 2.03 bits per heavy atom. The van der Waals surface area contributed by atoms with Crippen LogP contribution in [-0.4, -0.2) is 29.9 Å². The monoisotopic (exact) mass is 425 g/mol. The Kier molecular flexibility index (Phi) is 8.62. The molecule has 1 unspecified atom stereocenters. The number of nitrogens with two attached hydrogens (primary N) is 1. The lowest BCUT2D eigenvalue weighted by atomic mass is 10.1. The Labute approximate surface area is 182 Å². The third-order valence-corrected chi connectivity index (χ3v) is 4.74. The molecule has 1 atom stereocenters. The molecular formula is C23H28ClN5O. The van der Waals surface area contributed by atoms with Crippen LogP contribution in [0.2, 0.25) is 5.02 Å². The van der Waals surface area contributed by atoms with Gasteiger partial charge in [0.1, 0.15) is 5.82 Å². The number of nitrogens with zero attached hydrogens (tertiary/aromatic N) is 2. The molecule has 1 aliphatic rings. The lowest BCUT2D eigenvalue weighted by Gasteiger charge is -2.16. The van der Waals surface area contributed by atoms with Gasteiger partial charge in [0.25, 0.3) is 5.91 Å². The summed E-state index contributed by atoms with van der Waals surface area (Å²) in [6.07, 6.45) is 12.6. The van der Waals surface area contributed by atoms with E-state index >= 15 is 0 Å². The standard InChI is InChI=1S/C21H22ClN5O.C2H6/c1-13(14-7-5-3-4-6-8-14)26-20(28)15-9-10-16-17(11-15)19(25-12-18(16)22)27-21(23)24-2;1-2/h3,5-13H,4H2,1-2H3,(H,26,28)(H3,23,24,25,27);1-2H3. The molecule has 30 heavy (non-hydrogen) atoms. The van der Waals surface area contributed by atoms with Gasteiger partial charge in [0.2, 0.25) is 0 Å². The quantitative estimate of drug-likeness (QED) is 0.483. The van der Waals surface area contributed by atoms with E-state index in [1.165, 1.54) is 6.20 Å². The van der Waals surface area contributed by atoms with Gasteiger partial charge in [-0.2, -0.15) is 0 Å². The van der Waals surface area contributed by atoms with Crippen LogP contribution in [0, 0.1) is 0 Å². The number of aliphatic imine (C=N–C) groups is 1. The summed E-state index contributed by atoms with van der Waals surface area (Å²) in [4.78, 5) is 21.0. The average molecular weight is 426 g/mol. The van der Waals surface area contributed by atoms with Gasteiger partial charge in [-0.25, -0.2) is 4.98 Å². The number of rotatable bonds is 4. The molecule has 158 valence electrons. The molecule has 0 saturated heterocycles. The molecule has 1 aromatic heterocycles. The minimum Gasteiger partial charge on any atom is -0.370 e. The number of anilines is 1. The second kappa shape index (κ2) is 11.2. The first kappa shape index (κ1) is 23.2. The number of hydrogen-bond donors (Lipinski definition) is 3. The van der Waals surface area contributed by atoms with E-state index in [1.54, 1.807) is 25.2 Å². The average Bonchev–Trinajstić information content (AvgIpc) is 3.06. The second-order valence-electron chi connectivity index (χ2n) is 6.38. The molecule has 1 aliphatic carbocycles. The maximum Gasteiger partial charge on any atom is 0.251 e. The topological polar surface area (TPSA) is 92.4 Å². The van der Waals surface area contributed by atoms with Crippen LogP contribution in [0.25, 0.3) is 10.8 Å². The minimum absolute atomic E-state index is 0.125. The highest BCUT2D eigenvalue weighted by atomic mass is 35.5. The molecule has 0 spiro atoms. The maximum atomic E-state index is 12.8. The Morgan fingerprint density at radius 3 is 2.77 bits per heavy atom. The van der Waals surface area contributed by atoms with Crippen molar-refractivity contribution >= 4 is 40.1 Å². The highest BCUT2D eigenvalue weighted by Gasteiger charge is 2.15. The Bertz CT molecular complexity index is 1020. The van der Waals surface area contributed by atoms with Gasteiger partial charge in [-0.3, -0.25) is 9.79 Å². The van der Waals surface area contributed by atoms with Crippen LogP contribution in [0.5, 0.6) is 0 Å². The molecule has 1 amide bonds. The number of carbonyl (C=O) groups is 1. The number of hydrogen-bond acceptors (Lipinski definition) is 3. The van der Waals surface area contributed by atoms with Crippen molar-refractivity contribution in [3.8, 4) is 0 Å². The van der Waals surface area contributed by atoms with E-state index in [1.807, 2.05) is 39.0 Å². The summed E-state index contributed by atoms with van der Waals surface area (Å²) in [5, 5.41) is 7.91. The predicted molar refractivity (Wildman–Crippen MR) is 127 cm³/mol. The second-order valence-corrected chi connectivity index (χ2v) is 6.78. The third kappa shape index (κ3) is 5.70. The molecule has 0 saturated carbocycles. The van der Waals surface area contributed by atoms with Gasteiger partial charge in [0, 0.05) is 29.6 Å². The van der Waals surface area contributed by atoms with Crippen LogP contribution in [0.1, 0.15) is 37.6 Å². The number of nitrogens with one attached hydrogen (secondary N) is 2. The zero-order chi connectivity index (χ0) is 22.1. The third-order valence-electron chi connectivity index (χ3n) is 4.44. The van der Waals surface area contributed by atoms with Gasteiger partial charge in [-0.05, 0) is 31.1 Å².